The molecular formula is C12H15ClN4S. The number of fused-ring (bicyclic) bond motifs is 1. The first-order chi connectivity index (χ1) is 8.74. The number of pyridine rings is 1. The molecule has 2 aromatic rings. The van der Waals surface area contributed by atoms with Gasteiger partial charge >= 0.3 is 0 Å². The Bertz CT molecular complexity index is 562. The molecule has 2 N–H and O–H groups in total. The molecular weight excluding hydrogens is 268 g/mol. The zero-order valence-electron chi connectivity index (χ0n) is 9.97. The fraction of sp³-hybridized carbons (Fsp3) is 0.500. The highest BCUT2D eigenvalue weighted by atomic mass is 35.5. The maximum absolute atomic E-state index is 5.98. The number of thioether (sulfide) groups is 1. The molecule has 18 heavy (non-hydrogen) atoms. The summed E-state index contributed by atoms with van der Waals surface area (Å²) in [5.41, 5.74) is 7.61. The zero-order chi connectivity index (χ0) is 12.5. The molecule has 0 aromatic carbocycles. The lowest BCUT2D eigenvalue weighted by Gasteiger charge is -2.22. The van der Waals surface area contributed by atoms with Gasteiger partial charge in [0.25, 0.3) is 0 Å². The Balaban J connectivity index is 1.92. The van der Waals surface area contributed by atoms with E-state index in [-0.39, 0.29) is 0 Å². The number of rotatable bonds is 2. The van der Waals surface area contributed by atoms with Crippen LogP contribution in [0.1, 0.15) is 12.8 Å². The molecule has 4 nitrogen and oxygen atoms in total. The molecule has 0 aliphatic carbocycles. The van der Waals surface area contributed by atoms with E-state index in [2.05, 4.69) is 9.97 Å². The predicted octanol–water partition coefficient (Wildman–Crippen LogP) is 2.81. The van der Waals surface area contributed by atoms with Crippen LogP contribution in [0.3, 0.4) is 0 Å². The largest absolute Gasteiger partial charge is 0.369 e. The summed E-state index contributed by atoms with van der Waals surface area (Å²) in [5, 5.41) is 0.598. The van der Waals surface area contributed by atoms with E-state index >= 15 is 0 Å². The maximum Gasteiger partial charge on any atom is 0.202 e. The quantitative estimate of drug-likeness (QED) is 0.920. The van der Waals surface area contributed by atoms with Gasteiger partial charge in [0.1, 0.15) is 5.52 Å². The first kappa shape index (κ1) is 12.1. The van der Waals surface area contributed by atoms with Gasteiger partial charge in [0.2, 0.25) is 5.95 Å². The van der Waals surface area contributed by atoms with Crippen LogP contribution in [-0.4, -0.2) is 26.0 Å². The number of halogens is 1. The Morgan fingerprint density at radius 1 is 1.44 bits per heavy atom. The summed E-state index contributed by atoms with van der Waals surface area (Å²) < 4.78 is 2.02. The second kappa shape index (κ2) is 4.97. The molecule has 0 bridgehead atoms. The standard InChI is InChI=1S/C12H15ClN4S/c13-9-5-10-11(15-6-9)17(12(14)16-10)7-8-1-3-18-4-2-8/h5-6,8H,1-4,7H2,(H2,14,16). The Kier molecular flexibility index (Phi) is 3.35. The van der Waals surface area contributed by atoms with Crippen LogP contribution < -0.4 is 5.73 Å². The van der Waals surface area contributed by atoms with E-state index < -0.39 is 0 Å². The van der Waals surface area contributed by atoms with Crippen molar-refractivity contribution in [2.75, 3.05) is 17.2 Å². The SMILES string of the molecule is Nc1nc2cc(Cl)cnc2n1CC1CCSCC1. The van der Waals surface area contributed by atoms with E-state index in [0.29, 0.717) is 16.9 Å². The van der Waals surface area contributed by atoms with Crippen LogP contribution >= 0.6 is 23.4 Å². The van der Waals surface area contributed by atoms with Gasteiger partial charge in [-0.3, -0.25) is 4.57 Å². The molecule has 3 rings (SSSR count). The van der Waals surface area contributed by atoms with Gasteiger partial charge in [0.15, 0.2) is 5.65 Å². The second-order valence-corrected chi connectivity index (χ2v) is 6.29. The molecule has 1 aliphatic heterocycles. The number of nitrogens with zero attached hydrogens (tertiary/aromatic N) is 3. The number of anilines is 1. The lowest BCUT2D eigenvalue weighted by Crippen LogP contribution is -2.17. The number of aromatic nitrogens is 3. The number of hydrogen-bond acceptors (Lipinski definition) is 4. The number of nitrogen functional groups attached to an aromatic ring is 1. The highest BCUT2D eigenvalue weighted by Gasteiger charge is 2.18. The van der Waals surface area contributed by atoms with Crippen molar-refractivity contribution in [1.82, 2.24) is 14.5 Å². The van der Waals surface area contributed by atoms with E-state index in [1.54, 1.807) is 6.20 Å². The maximum atomic E-state index is 5.98. The number of nitrogens with two attached hydrogens (primary N) is 1. The summed E-state index contributed by atoms with van der Waals surface area (Å²) in [4.78, 5) is 8.68. The van der Waals surface area contributed by atoms with Gasteiger partial charge in [0, 0.05) is 12.7 Å². The molecule has 96 valence electrons. The van der Waals surface area contributed by atoms with Crippen molar-refractivity contribution >= 4 is 40.5 Å². The summed E-state index contributed by atoms with van der Waals surface area (Å²) in [6.07, 6.45) is 4.15. The summed E-state index contributed by atoms with van der Waals surface area (Å²) in [6.45, 7) is 0.914. The summed E-state index contributed by atoms with van der Waals surface area (Å²) in [7, 11) is 0. The molecule has 1 saturated heterocycles. The van der Waals surface area contributed by atoms with E-state index in [1.807, 2.05) is 22.4 Å². The molecule has 1 fully saturated rings. The Labute approximate surface area is 115 Å². The van der Waals surface area contributed by atoms with E-state index in [9.17, 15) is 0 Å². The fourth-order valence-electron chi connectivity index (χ4n) is 2.37. The molecule has 0 spiro atoms. The summed E-state index contributed by atoms with van der Waals surface area (Å²) >= 11 is 7.95. The van der Waals surface area contributed by atoms with Crippen molar-refractivity contribution in [3.8, 4) is 0 Å². The first-order valence-electron chi connectivity index (χ1n) is 6.09. The molecule has 3 heterocycles. The molecule has 0 unspecified atom stereocenters. The van der Waals surface area contributed by atoms with Gasteiger partial charge in [-0.2, -0.15) is 11.8 Å². The minimum atomic E-state index is 0.540. The predicted molar refractivity (Wildman–Crippen MR) is 77.0 cm³/mol. The van der Waals surface area contributed by atoms with Crippen LogP contribution in [0.25, 0.3) is 11.2 Å². The van der Waals surface area contributed by atoms with Crippen molar-refractivity contribution in [1.29, 1.82) is 0 Å². The summed E-state index contributed by atoms with van der Waals surface area (Å²) in [5.74, 6) is 3.72. The topological polar surface area (TPSA) is 56.7 Å². The summed E-state index contributed by atoms with van der Waals surface area (Å²) in [6, 6.07) is 1.81. The minimum Gasteiger partial charge on any atom is -0.369 e. The van der Waals surface area contributed by atoms with E-state index in [4.69, 9.17) is 17.3 Å². The minimum absolute atomic E-state index is 0.540. The fourth-order valence-corrected chi connectivity index (χ4v) is 3.73. The third-order valence-electron chi connectivity index (χ3n) is 3.36. The smallest absolute Gasteiger partial charge is 0.202 e. The van der Waals surface area contributed by atoms with Crippen molar-refractivity contribution in [3.05, 3.63) is 17.3 Å². The molecule has 6 heteroatoms. The Morgan fingerprint density at radius 2 is 2.22 bits per heavy atom. The Morgan fingerprint density at radius 3 is 3.00 bits per heavy atom. The third kappa shape index (κ3) is 2.29. The number of hydrogen-bond donors (Lipinski definition) is 1. The first-order valence-corrected chi connectivity index (χ1v) is 7.62. The average Bonchev–Trinajstić information content (AvgIpc) is 2.66. The third-order valence-corrected chi connectivity index (χ3v) is 4.62. The molecule has 0 saturated carbocycles. The molecule has 0 atom stereocenters. The van der Waals surface area contributed by atoms with Crippen molar-refractivity contribution in [2.24, 2.45) is 5.92 Å². The van der Waals surface area contributed by atoms with Crippen LogP contribution in [0.15, 0.2) is 12.3 Å². The van der Waals surface area contributed by atoms with Crippen molar-refractivity contribution in [3.63, 3.8) is 0 Å². The molecule has 0 radical (unpaired) electrons. The van der Waals surface area contributed by atoms with Gasteiger partial charge in [-0.15, -0.1) is 0 Å². The lowest BCUT2D eigenvalue weighted by molar-refractivity contribution is 0.424. The molecule has 1 aliphatic rings. The van der Waals surface area contributed by atoms with Crippen LogP contribution in [0.4, 0.5) is 5.95 Å². The van der Waals surface area contributed by atoms with Crippen LogP contribution in [0.5, 0.6) is 0 Å². The molecule has 2 aromatic heterocycles. The highest BCUT2D eigenvalue weighted by molar-refractivity contribution is 7.99. The van der Waals surface area contributed by atoms with Crippen molar-refractivity contribution in [2.45, 2.75) is 19.4 Å². The van der Waals surface area contributed by atoms with Crippen LogP contribution in [-0.2, 0) is 6.54 Å². The van der Waals surface area contributed by atoms with Gasteiger partial charge in [-0.1, -0.05) is 11.6 Å². The highest BCUT2D eigenvalue weighted by Crippen LogP contribution is 2.27. The lowest BCUT2D eigenvalue weighted by atomic mass is 10.0. The van der Waals surface area contributed by atoms with E-state index in [1.165, 1.54) is 24.3 Å². The van der Waals surface area contributed by atoms with Gasteiger partial charge < -0.3 is 5.73 Å². The van der Waals surface area contributed by atoms with Crippen molar-refractivity contribution < 1.29 is 0 Å². The zero-order valence-corrected chi connectivity index (χ0v) is 11.5. The normalized spacial score (nSPS) is 17.4. The second-order valence-electron chi connectivity index (χ2n) is 4.63. The van der Waals surface area contributed by atoms with Crippen LogP contribution in [0, 0.1) is 5.92 Å². The molecule has 0 amide bonds. The number of imidazole rings is 1. The van der Waals surface area contributed by atoms with Gasteiger partial charge in [0.05, 0.1) is 5.02 Å². The average molecular weight is 283 g/mol. The Hall–Kier alpha value is -0.940. The van der Waals surface area contributed by atoms with Gasteiger partial charge in [-0.25, -0.2) is 9.97 Å². The monoisotopic (exact) mass is 282 g/mol. The van der Waals surface area contributed by atoms with Gasteiger partial charge in [-0.05, 0) is 36.3 Å². The van der Waals surface area contributed by atoms with Crippen LogP contribution in [0.2, 0.25) is 5.02 Å². The van der Waals surface area contributed by atoms with E-state index in [0.717, 1.165) is 17.7 Å².